The van der Waals surface area contributed by atoms with Gasteiger partial charge in [0.15, 0.2) is 9.04 Å². The Hall–Kier alpha value is -0.353. The number of carboxylic acids is 1. The molecule has 0 rings (SSSR count). The number of carboxylic acid groups (broad SMARTS) is 1. The maximum absolute atomic E-state index is 10.1. The fraction of sp³-hybridized carbons (Fsp3) is 0.800. The lowest BCUT2D eigenvalue weighted by Crippen LogP contribution is -2.17. The molecule has 0 fully saturated rings. The summed E-state index contributed by atoms with van der Waals surface area (Å²) < 4.78 is 0. The summed E-state index contributed by atoms with van der Waals surface area (Å²) in [6.07, 6.45) is 0. The minimum absolute atomic E-state index is 0.378. The Morgan fingerprint density at radius 1 is 1.78 bits per heavy atom. The third-order valence-corrected chi connectivity index (χ3v) is 2.51. The number of rotatable bonds is 3. The zero-order chi connectivity index (χ0) is 7.44. The molecule has 2 N–H and O–H groups in total. The number of hydrogen-bond acceptors (Lipinski definition) is 2. The van der Waals surface area contributed by atoms with Crippen LogP contribution in [0, 0.1) is 5.92 Å². The van der Waals surface area contributed by atoms with Crippen LogP contribution >= 0.6 is 0 Å². The molecule has 0 bridgehead atoms. The van der Waals surface area contributed by atoms with Gasteiger partial charge >= 0.3 is 5.97 Å². The number of hydrogen-bond donors (Lipinski definition) is 2. The molecule has 0 aromatic carbocycles. The summed E-state index contributed by atoms with van der Waals surface area (Å²) in [4.78, 5) is 19.0. The van der Waals surface area contributed by atoms with Gasteiger partial charge in [0.1, 0.15) is 0 Å². The highest BCUT2D eigenvalue weighted by atomic mass is 28.3. The molecule has 0 aliphatic carbocycles. The molecule has 0 aromatic rings. The minimum Gasteiger partial charge on any atom is -0.481 e. The number of aliphatic carboxylic acids is 1. The Morgan fingerprint density at radius 3 is 2.33 bits per heavy atom. The maximum Gasteiger partial charge on any atom is 0.305 e. The lowest BCUT2D eigenvalue weighted by Gasteiger charge is -2.05. The van der Waals surface area contributed by atoms with Crippen LogP contribution in [-0.4, -0.2) is 24.9 Å². The Labute approximate surface area is 56.0 Å². The predicted molar refractivity (Wildman–Crippen MR) is 36.8 cm³/mol. The summed E-state index contributed by atoms with van der Waals surface area (Å²) in [5, 5.41) is 8.34. The van der Waals surface area contributed by atoms with Crippen molar-refractivity contribution in [2.75, 3.05) is 0 Å². The first-order valence-corrected chi connectivity index (χ1v) is 5.43. The van der Waals surface area contributed by atoms with E-state index in [-0.39, 0.29) is 5.92 Å². The van der Waals surface area contributed by atoms with Gasteiger partial charge in [-0.2, -0.15) is 0 Å². The monoisotopic (exact) mass is 148 g/mol. The summed E-state index contributed by atoms with van der Waals surface area (Å²) in [5.74, 6) is -1.19. The molecule has 0 radical (unpaired) electrons. The SMILES string of the molecule is CC(C[SiH](C)O)C(=O)O. The molecule has 0 aromatic heterocycles. The quantitative estimate of drug-likeness (QED) is 0.556. The first-order valence-electron chi connectivity index (χ1n) is 2.95. The third-order valence-electron chi connectivity index (χ3n) is 1.12. The molecule has 0 saturated heterocycles. The predicted octanol–water partition coefficient (Wildman–Crippen LogP) is 0.0530. The van der Waals surface area contributed by atoms with E-state index in [4.69, 9.17) is 9.90 Å². The molecule has 9 heavy (non-hydrogen) atoms. The first kappa shape index (κ1) is 8.65. The zero-order valence-corrected chi connectivity index (χ0v) is 6.82. The van der Waals surface area contributed by atoms with Gasteiger partial charge in [0.25, 0.3) is 0 Å². The van der Waals surface area contributed by atoms with Gasteiger partial charge in [0, 0.05) is 0 Å². The standard InChI is InChI=1S/C5H12O3Si/c1-4(5(6)7)3-9(2)8/h4,8-9H,3H2,1-2H3,(H,6,7). The van der Waals surface area contributed by atoms with E-state index in [9.17, 15) is 4.79 Å². The molecule has 3 nitrogen and oxygen atoms in total. The van der Waals surface area contributed by atoms with Gasteiger partial charge in [-0.05, 0) is 12.6 Å². The second-order valence-electron chi connectivity index (χ2n) is 2.32. The van der Waals surface area contributed by atoms with E-state index >= 15 is 0 Å². The van der Waals surface area contributed by atoms with Gasteiger partial charge < -0.3 is 9.90 Å². The van der Waals surface area contributed by atoms with E-state index in [1.165, 1.54) is 0 Å². The van der Waals surface area contributed by atoms with Gasteiger partial charge in [-0.1, -0.05) is 6.92 Å². The van der Waals surface area contributed by atoms with Crippen LogP contribution in [-0.2, 0) is 4.79 Å². The van der Waals surface area contributed by atoms with Gasteiger partial charge in [-0.25, -0.2) is 0 Å². The van der Waals surface area contributed by atoms with Crippen LogP contribution in [0.1, 0.15) is 6.92 Å². The second-order valence-corrected chi connectivity index (χ2v) is 4.49. The van der Waals surface area contributed by atoms with Crippen molar-refractivity contribution in [2.24, 2.45) is 5.92 Å². The highest BCUT2D eigenvalue weighted by Crippen LogP contribution is 2.04. The van der Waals surface area contributed by atoms with Crippen LogP contribution in [0.5, 0.6) is 0 Å². The van der Waals surface area contributed by atoms with Gasteiger partial charge in [-0.15, -0.1) is 0 Å². The van der Waals surface area contributed by atoms with Crippen LogP contribution in [0.3, 0.4) is 0 Å². The van der Waals surface area contributed by atoms with Crippen LogP contribution in [0.4, 0.5) is 0 Å². The van der Waals surface area contributed by atoms with E-state index in [1.54, 1.807) is 13.5 Å². The fourth-order valence-corrected chi connectivity index (χ4v) is 1.84. The van der Waals surface area contributed by atoms with Gasteiger partial charge in [-0.3, -0.25) is 4.79 Å². The van der Waals surface area contributed by atoms with Crippen molar-refractivity contribution >= 4 is 15.0 Å². The molecular weight excluding hydrogens is 136 g/mol. The summed E-state index contributed by atoms with van der Waals surface area (Å²) in [7, 11) is -1.67. The van der Waals surface area contributed by atoms with Gasteiger partial charge in [0.05, 0.1) is 5.92 Å². The molecule has 2 unspecified atom stereocenters. The molecule has 0 saturated carbocycles. The summed E-state index contributed by atoms with van der Waals surface area (Å²) >= 11 is 0. The molecular formula is C5H12O3Si. The van der Waals surface area contributed by atoms with Crippen molar-refractivity contribution in [1.29, 1.82) is 0 Å². The van der Waals surface area contributed by atoms with Crippen LogP contribution in [0.25, 0.3) is 0 Å². The van der Waals surface area contributed by atoms with E-state index < -0.39 is 15.0 Å². The molecule has 2 atom stereocenters. The Morgan fingerprint density at radius 2 is 2.22 bits per heavy atom. The molecule has 0 heterocycles. The van der Waals surface area contributed by atoms with Crippen LogP contribution in [0.15, 0.2) is 0 Å². The van der Waals surface area contributed by atoms with Gasteiger partial charge in [0.2, 0.25) is 0 Å². The molecule has 4 heteroatoms. The number of carbonyl (C=O) groups is 1. The minimum atomic E-state index is -1.67. The second kappa shape index (κ2) is 3.63. The average molecular weight is 148 g/mol. The van der Waals surface area contributed by atoms with Crippen molar-refractivity contribution in [3.8, 4) is 0 Å². The summed E-state index contributed by atoms with van der Waals surface area (Å²) in [6, 6.07) is 0.468. The van der Waals surface area contributed by atoms with Crippen molar-refractivity contribution in [3.63, 3.8) is 0 Å². The van der Waals surface area contributed by atoms with Crippen LogP contribution in [0.2, 0.25) is 12.6 Å². The lowest BCUT2D eigenvalue weighted by atomic mass is 10.2. The molecule has 54 valence electrons. The smallest absolute Gasteiger partial charge is 0.305 e. The highest BCUT2D eigenvalue weighted by Gasteiger charge is 2.13. The van der Waals surface area contributed by atoms with Crippen molar-refractivity contribution in [1.82, 2.24) is 0 Å². The third kappa shape index (κ3) is 4.17. The lowest BCUT2D eigenvalue weighted by molar-refractivity contribution is -0.140. The van der Waals surface area contributed by atoms with E-state index in [1.807, 2.05) is 0 Å². The summed E-state index contributed by atoms with van der Waals surface area (Å²) in [5.41, 5.74) is 0. The Kier molecular flexibility index (Phi) is 3.49. The topological polar surface area (TPSA) is 57.5 Å². The molecule has 0 spiro atoms. The average Bonchev–Trinajstić information content (AvgIpc) is 1.63. The molecule has 0 amide bonds. The van der Waals surface area contributed by atoms with E-state index in [2.05, 4.69) is 0 Å². The Bertz CT molecular complexity index is 102. The van der Waals surface area contributed by atoms with Crippen molar-refractivity contribution in [2.45, 2.75) is 19.5 Å². The van der Waals surface area contributed by atoms with E-state index in [0.717, 1.165) is 0 Å². The van der Waals surface area contributed by atoms with Crippen LogP contribution < -0.4 is 0 Å². The largest absolute Gasteiger partial charge is 0.481 e. The van der Waals surface area contributed by atoms with E-state index in [0.29, 0.717) is 6.04 Å². The van der Waals surface area contributed by atoms with Crippen molar-refractivity contribution in [3.05, 3.63) is 0 Å². The molecule has 0 aliphatic heterocycles. The Balaban J connectivity index is 3.50. The highest BCUT2D eigenvalue weighted by molar-refractivity contribution is 6.48. The zero-order valence-electron chi connectivity index (χ0n) is 5.66. The molecule has 0 aliphatic rings. The van der Waals surface area contributed by atoms with Crippen molar-refractivity contribution < 1.29 is 14.7 Å². The maximum atomic E-state index is 10.1. The normalized spacial score (nSPS) is 16.8. The summed E-state index contributed by atoms with van der Waals surface area (Å²) in [6.45, 7) is 3.33. The first-order chi connectivity index (χ1) is 4.04. The fourth-order valence-electron chi connectivity index (χ4n) is 0.612.